The van der Waals surface area contributed by atoms with Crippen LogP contribution in [0.3, 0.4) is 0 Å². The summed E-state index contributed by atoms with van der Waals surface area (Å²) in [5.41, 5.74) is 1.90. The van der Waals surface area contributed by atoms with Gasteiger partial charge in [-0.05, 0) is 54.6 Å². The summed E-state index contributed by atoms with van der Waals surface area (Å²) in [5, 5.41) is 9.10. The van der Waals surface area contributed by atoms with Gasteiger partial charge in [0.2, 0.25) is 0 Å². The maximum atomic E-state index is 11.1. The van der Waals surface area contributed by atoms with Crippen LogP contribution >= 0.6 is 0 Å². The number of carboxylic acid groups (broad SMARTS) is 1. The van der Waals surface area contributed by atoms with Crippen LogP contribution in [0.2, 0.25) is 0 Å². The molecule has 0 spiro atoms. The fourth-order valence-electron chi connectivity index (χ4n) is 3.06. The Kier molecular flexibility index (Phi) is 5.26. The summed E-state index contributed by atoms with van der Waals surface area (Å²) in [4.78, 5) is 15.7. The second-order valence-electron chi connectivity index (χ2n) is 6.64. The first-order valence-corrected chi connectivity index (χ1v) is 9.27. The SMILES string of the molecule is COc1ccc(Oc2ccc3nc(COc4cccc(C(=O)O)c4)n(C)c3c2)cc1. The molecule has 7 heteroatoms. The highest BCUT2D eigenvalue weighted by atomic mass is 16.5. The van der Waals surface area contributed by atoms with E-state index in [4.69, 9.17) is 19.3 Å². The molecule has 152 valence electrons. The van der Waals surface area contributed by atoms with Crippen molar-refractivity contribution >= 4 is 17.0 Å². The van der Waals surface area contributed by atoms with Crippen molar-refractivity contribution in [1.29, 1.82) is 0 Å². The van der Waals surface area contributed by atoms with Gasteiger partial charge in [0.25, 0.3) is 0 Å². The third-order valence-electron chi connectivity index (χ3n) is 4.69. The van der Waals surface area contributed by atoms with E-state index in [9.17, 15) is 4.79 Å². The van der Waals surface area contributed by atoms with Crippen LogP contribution in [0.15, 0.2) is 66.7 Å². The van der Waals surface area contributed by atoms with E-state index in [2.05, 4.69) is 4.98 Å². The number of hydrogen-bond acceptors (Lipinski definition) is 5. The van der Waals surface area contributed by atoms with Crippen molar-refractivity contribution in [1.82, 2.24) is 9.55 Å². The number of aromatic carboxylic acids is 1. The third-order valence-corrected chi connectivity index (χ3v) is 4.69. The third kappa shape index (κ3) is 4.05. The van der Waals surface area contributed by atoms with E-state index in [1.54, 1.807) is 19.2 Å². The van der Waals surface area contributed by atoms with Crippen LogP contribution < -0.4 is 14.2 Å². The van der Waals surface area contributed by atoms with Crippen LogP contribution in [-0.2, 0) is 13.7 Å². The second kappa shape index (κ2) is 8.16. The summed E-state index contributed by atoms with van der Waals surface area (Å²) < 4.78 is 18.8. The average molecular weight is 404 g/mol. The van der Waals surface area contributed by atoms with Gasteiger partial charge in [-0.25, -0.2) is 9.78 Å². The lowest BCUT2D eigenvalue weighted by atomic mass is 10.2. The fraction of sp³-hybridized carbons (Fsp3) is 0.130. The van der Waals surface area contributed by atoms with Gasteiger partial charge in [0.1, 0.15) is 35.4 Å². The number of carboxylic acids is 1. The molecule has 0 saturated carbocycles. The molecule has 7 nitrogen and oxygen atoms in total. The largest absolute Gasteiger partial charge is 0.497 e. The molecule has 4 aromatic rings. The molecule has 1 heterocycles. The van der Waals surface area contributed by atoms with Crippen molar-refractivity contribution in [3.63, 3.8) is 0 Å². The summed E-state index contributed by atoms with van der Waals surface area (Å²) in [7, 11) is 3.52. The number of aryl methyl sites for hydroxylation is 1. The molecule has 0 amide bonds. The van der Waals surface area contributed by atoms with Crippen molar-refractivity contribution in [3.8, 4) is 23.0 Å². The number of methoxy groups -OCH3 is 1. The molecule has 0 bridgehead atoms. The van der Waals surface area contributed by atoms with Crippen LogP contribution in [0.1, 0.15) is 16.2 Å². The summed E-state index contributed by atoms with van der Waals surface area (Å²) in [6.45, 7) is 0.211. The predicted molar refractivity (Wildman–Crippen MR) is 112 cm³/mol. The Balaban J connectivity index is 1.52. The zero-order valence-corrected chi connectivity index (χ0v) is 16.5. The zero-order chi connectivity index (χ0) is 21.1. The first-order valence-electron chi connectivity index (χ1n) is 9.27. The molecular weight excluding hydrogens is 384 g/mol. The summed E-state index contributed by atoms with van der Waals surface area (Å²) in [5.74, 6) is 2.37. The van der Waals surface area contributed by atoms with Gasteiger partial charge >= 0.3 is 5.97 Å². The van der Waals surface area contributed by atoms with E-state index in [0.717, 1.165) is 16.8 Å². The molecule has 1 aromatic heterocycles. The number of aromatic nitrogens is 2. The minimum absolute atomic E-state index is 0.179. The van der Waals surface area contributed by atoms with Crippen molar-refractivity contribution in [2.45, 2.75) is 6.61 Å². The zero-order valence-electron chi connectivity index (χ0n) is 16.5. The van der Waals surface area contributed by atoms with Crippen LogP contribution in [-0.4, -0.2) is 27.7 Å². The molecule has 0 aliphatic rings. The van der Waals surface area contributed by atoms with E-state index in [1.807, 2.05) is 54.1 Å². The lowest BCUT2D eigenvalue weighted by molar-refractivity contribution is 0.0696. The van der Waals surface area contributed by atoms with Crippen LogP contribution in [0.25, 0.3) is 11.0 Å². The number of hydrogen-bond donors (Lipinski definition) is 1. The van der Waals surface area contributed by atoms with Crippen LogP contribution in [0.4, 0.5) is 0 Å². The molecule has 0 unspecified atom stereocenters. The monoisotopic (exact) mass is 404 g/mol. The highest BCUT2D eigenvalue weighted by molar-refractivity contribution is 5.88. The van der Waals surface area contributed by atoms with Crippen LogP contribution in [0.5, 0.6) is 23.0 Å². The minimum Gasteiger partial charge on any atom is -0.497 e. The molecule has 0 radical (unpaired) electrons. The quantitative estimate of drug-likeness (QED) is 0.483. The number of benzene rings is 3. The Labute approximate surface area is 173 Å². The Morgan fingerprint density at radius 2 is 1.70 bits per heavy atom. The number of ether oxygens (including phenoxy) is 3. The van der Waals surface area contributed by atoms with Gasteiger partial charge < -0.3 is 23.9 Å². The van der Waals surface area contributed by atoms with Gasteiger partial charge in [-0.15, -0.1) is 0 Å². The molecule has 30 heavy (non-hydrogen) atoms. The lowest BCUT2D eigenvalue weighted by Gasteiger charge is -2.08. The van der Waals surface area contributed by atoms with Gasteiger partial charge in [-0.3, -0.25) is 0 Å². The molecular formula is C23H20N2O5. The molecule has 0 aliphatic carbocycles. The van der Waals surface area contributed by atoms with E-state index in [-0.39, 0.29) is 12.2 Å². The molecule has 1 N–H and O–H groups in total. The summed E-state index contributed by atoms with van der Waals surface area (Å²) >= 11 is 0. The van der Waals surface area contributed by atoms with Crippen LogP contribution in [0, 0.1) is 0 Å². The fourth-order valence-corrected chi connectivity index (χ4v) is 3.06. The number of nitrogens with zero attached hydrogens (tertiary/aromatic N) is 2. The smallest absolute Gasteiger partial charge is 0.335 e. The topological polar surface area (TPSA) is 82.8 Å². The van der Waals surface area contributed by atoms with Crippen molar-refractivity contribution in [2.24, 2.45) is 7.05 Å². The van der Waals surface area contributed by atoms with E-state index < -0.39 is 5.97 Å². The molecule has 4 rings (SSSR count). The standard InChI is InChI=1S/C23H20N2O5/c1-25-21-13-19(30-17-8-6-16(28-2)7-9-17)10-11-20(21)24-22(25)14-29-18-5-3-4-15(12-18)23(26)27/h3-13H,14H2,1-2H3,(H,26,27). The van der Waals surface area contributed by atoms with Crippen molar-refractivity contribution in [2.75, 3.05) is 7.11 Å². The molecule has 3 aromatic carbocycles. The van der Waals surface area contributed by atoms with Gasteiger partial charge in [0.05, 0.1) is 23.7 Å². The van der Waals surface area contributed by atoms with E-state index >= 15 is 0 Å². The normalized spacial score (nSPS) is 10.7. The van der Waals surface area contributed by atoms with Gasteiger partial charge in [-0.1, -0.05) is 6.07 Å². The Morgan fingerprint density at radius 1 is 0.967 bits per heavy atom. The molecule has 0 fully saturated rings. The summed E-state index contributed by atoms with van der Waals surface area (Å²) in [6, 6.07) is 19.4. The second-order valence-corrected chi connectivity index (χ2v) is 6.64. The Hall–Kier alpha value is -4.00. The minimum atomic E-state index is -0.993. The molecule has 0 aliphatic heterocycles. The maximum absolute atomic E-state index is 11.1. The van der Waals surface area contributed by atoms with Crippen molar-refractivity contribution < 1.29 is 24.1 Å². The van der Waals surface area contributed by atoms with E-state index in [0.29, 0.717) is 23.1 Å². The highest BCUT2D eigenvalue weighted by Gasteiger charge is 2.11. The van der Waals surface area contributed by atoms with E-state index in [1.165, 1.54) is 12.1 Å². The maximum Gasteiger partial charge on any atom is 0.335 e. The number of fused-ring (bicyclic) bond motifs is 1. The Bertz CT molecular complexity index is 1200. The van der Waals surface area contributed by atoms with Gasteiger partial charge in [0, 0.05) is 13.1 Å². The molecule has 0 saturated heterocycles. The van der Waals surface area contributed by atoms with Gasteiger partial charge in [0.15, 0.2) is 0 Å². The molecule has 0 atom stereocenters. The highest BCUT2D eigenvalue weighted by Crippen LogP contribution is 2.27. The first-order chi connectivity index (χ1) is 14.5. The number of imidazole rings is 1. The predicted octanol–water partition coefficient (Wildman–Crippen LogP) is 4.65. The summed E-state index contributed by atoms with van der Waals surface area (Å²) in [6.07, 6.45) is 0. The lowest BCUT2D eigenvalue weighted by Crippen LogP contribution is -2.04. The van der Waals surface area contributed by atoms with Crippen molar-refractivity contribution in [3.05, 3.63) is 78.1 Å². The average Bonchev–Trinajstić information content (AvgIpc) is 3.08. The number of carbonyl (C=O) groups is 1. The van der Waals surface area contributed by atoms with Gasteiger partial charge in [-0.2, -0.15) is 0 Å². The Morgan fingerprint density at radius 3 is 2.43 bits per heavy atom. The first kappa shape index (κ1) is 19.3. The number of rotatable bonds is 7.